The highest BCUT2D eigenvalue weighted by Crippen LogP contribution is 2.30. The first kappa shape index (κ1) is 19.2. The van der Waals surface area contributed by atoms with Crippen molar-refractivity contribution >= 4 is 5.91 Å². The summed E-state index contributed by atoms with van der Waals surface area (Å²) in [6.07, 6.45) is 3.96. The Hall–Kier alpha value is -2.53. The maximum absolute atomic E-state index is 12.5. The summed E-state index contributed by atoms with van der Waals surface area (Å²) in [5.74, 6) is 0.824. The molecule has 0 atom stereocenters. The highest BCUT2D eigenvalue weighted by atomic mass is 16.5. The van der Waals surface area contributed by atoms with Crippen LogP contribution >= 0.6 is 0 Å². The smallest absolute Gasteiger partial charge is 0.255 e. The third-order valence-electron chi connectivity index (χ3n) is 4.98. The number of hydrogen-bond acceptors (Lipinski definition) is 4. The van der Waals surface area contributed by atoms with Crippen molar-refractivity contribution in [3.63, 3.8) is 0 Å². The largest absolute Gasteiger partial charge is 0.493 e. The van der Waals surface area contributed by atoms with Crippen LogP contribution < -0.4 is 14.8 Å². The van der Waals surface area contributed by atoms with Crippen molar-refractivity contribution in [3.05, 3.63) is 59.2 Å². The van der Waals surface area contributed by atoms with E-state index in [1.165, 1.54) is 45.0 Å². The van der Waals surface area contributed by atoms with Gasteiger partial charge < -0.3 is 14.8 Å². The molecule has 1 aliphatic rings. The Kier molecular flexibility index (Phi) is 6.71. The first-order chi connectivity index (χ1) is 13.2. The van der Waals surface area contributed by atoms with Crippen LogP contribution in [0.25, 0.3) is 0 Å². The second-order valence-electron chi connectivity index (χ2n) is 6.88. The average Bonchev–Trinajstić information content (AvgIpc) is 2.73. The van der Waals surface area contributed by atoms with E-state index in [9.17, 15) is 4.79 Å². The molecule has 1 fully saturated rings. The highest BCUT2D eigenvalue weighted by molar-refractivity contribution is 5.97. The van der Waals surface area contributed by atoms with Crippen molar-refractivity contribution in [1.82, 2.24) is 10.2 Å². The third kappa shape index (κ3) is 5.01. The molecule has 0 bridgehead atoms. The lowest BCUT2D eigenvalue weighted by Crippen LogP contribution is -2.29. The van der Waals surface area contributed by atoms with E-state index in [0.717, 1.165) is 12.1 Å². The molecule has 5 heteroatoms. The molecule has 2 aromatic carbocycles. The van der Waals surface area contributed by atoms with E-state index in [1.54, 1.807) is 25.3 Å². The van der Waals surface area contributed by atoms with Gasteiger partial charge in [0, 0.05) is 13.1 Å². The van der Waals surface area contributed by atoms with Crippen LogP contribution in [0.3, 0.4) is 0 Å². The van der Waals surface area contributed by atoms with Gasteiger partial charge in [-0.05, 0) is 49.2 Å². The maximum atomic E-state index is 12.5. The Morgan fingerprint density at radius 2 is 1.67 bits per heavy atom. The second kappa shape index (κ2) is 9.42. The number of para-hydroxylation sites is 1. The maximum Gasteiger partial charge on any atom is 0.255 e. The molecule has 0 spiro atoms. The molecule has 1 N–H and O–H groups in total. The zero-order chi connectivity index (χ0) is 19.1. The molecule has 2 aromatic rings. The molecule has 1 amide bonds. The molecule has 0 radical (unpaired) electrons. The predicted molar refractivity (Wildman–Crippen MR) is 106 cm³/mol. The first-order valence-corrected chi connectivity index (χ1v) is 9.50. The molecule has 0 unspecified atom stereocenters. The van der Waals surface area contributed by atoms with Crippen molar-refractivity contribution in [1.29, 1.82) is 0 Å². The number of carbonyl (C=O) groups excluding carboxylic acids is 1. The van der Waals surface area contributed by atoms with Gasteiger partial charge in [0.1, 0.15) is 0 Å². The van der Waals surface area contributed by atoms with Crippen LogP contribution in [0.1, 0.15) is 40.7 Å². The van der Waals surface area contributed by atoms with Crippen LogP contribution in [0, 0.1) is 0 Å². The summed E-state index contributed by atoms with van der Waals surface area (Å²) < 4.78 is 10.6. The van der Waals surface area contributed by atoms with E-state index in [4.69, 9.17) is 9.47 Å². The summed E-state index contributed by atoms with van der Waals surface area (Å²) in [5.41, 5.74) is 2.87. The molecule has 0 aromatic heterocycles. The van der Waals surface area contributed by atoms with Gasteiger partial charge in [-0.15, -0.1) is 0 Å². The zero-order valence-corrected chi connectivity index (χ0v) is 16.2. The molecular formula is C22H28N2O3. The molecule has 27 heavy (non-hydrogen) atoms. The minimum absolute atomic E-state index is 0.178. The van der Waals surface area contributed by atoms with E-state index in [0.29, 0.717) is 23.6 Å². The van der Waals surface area contributed by atoms with Crippen LogP contribution in [-0.2, 0) is 13.1 Å². The molecule has 0 aliphatic carbocycles. The average molecular weight is 368 g/mol. The van der Waals surface area contributed by atoms with Crippen molar-refractivity contribution in [2.75, 3.05) is 27.3 Å². The summed E-state index contributed by atoms with van der Waals surface area (Å²) in [5, 5.41) is 2.96. The van der Waals surface area contributed by atoms with Crippen molar-refractivity contribution < 1.29 is 14.3 Å². The number of rotatable bonds is 7. The fraction of sp³-hybridized carbons (Fsp3) is 0.409. The summed E-state index contributed by atoms with van der Waals surface area (Å²) in [7, 11) is 3.10. The van der Waals surface area contributed by atoms with Crippen LogP contribution in [0.15, 0.2) is 42.5 Å². The minimum Gasteiger partial charge on any atom is -0.493 e. The quantitative estimate of drug-likeness (QED) is 0.811. The number of benzene rings is 2. The standard InChI is InChI=1S/C22H28N2O3/c1-26-20-8-6-7-19(21(20)27-2)22(25)23-15-17-9-11-18(12-10-17)16-24-13-4-3-5-14-24/h6-12H,3-5,13-16H2,1-2H3,(H,23,25). The Balaban J connectivity index is 1.57. The number of ether oxygens (including phenoxy) is 2. The van der Waals surface area contributed by atoms with E-state index in [1.807, 2.05) is 0 Å². The van der Waals surface area contributed by atoms with E-state index < -0.39 is 0 Å². The third-order valence-corrected chi connectivity index (χ3v) is 4.98. The van der Waals surface area contributed by atoms with E-state index in [2.05, 4.69) is 34.5 Å². The predicted octanol–water partition coefficient (Wildman–Crippen LogP) is 3.62. The number of amides is 1. The Bertz CT molecular complexity index is 753. The van der Waals surface area contributed by atoms with E-state index >= 15 is 0 Å². The number of carbonyl (C=O) groups is 1. The lowest BCUT2D eigenvalue weighted by atomic mass is 10.1. The summed E-state index contributed by atoms with van der Waals surface area (Å²) >= 11 is 0. The van der Waals surface area contributed by atoms with Crippen LogP contribution in [-0.4, -0.2) is 38.1 Å². The highest BCUT2D eigenvalue weighted by Gasteiger charge is 2.16. The molecule has 1 aliphatic heterocycles. The van der Waals surface area contributed by atoms with Crippen LogP contribution in [0.4, 0.5) is 0 Å². The summed E-state index contributed by atoms with van der Waals surface area (Å²) in [6.45, 7) is 3.87. The van der Waals surface area contributed by atoms with Crippen LogP contribution in [0.2, 0.25) is 0 Å². The van der Waals surface area contributed by atoms with Gasteiger partial charge in [-0.1, -0.05) is 36.8 Å². The molecule has 1 heterocycles. The second-order valence-corrected chi connectivity index (χ2v) is 6.88. The lowest BCUT2D eigenvalue weighted by molar-refractivity contribution is 0.0947. The van der Waals surface area contributed by atoms with E-state index in [-0.39, 0.29) is 5.91 Å². The fourth-order valence-corrected chi connectivity index (χ4v) is 3.48. The van der Waals surface area contributed by atoms with Crippen LogP contribution in [0.5, 0.6) is 11.5 Å². The number of methoxy groups -OCH3 is 2. The lowest BCUT2D eigenvalue weighted by Gasteiger charge is -2.26. The first-order valence-electron chi connectivity index (χ1n) is 9.50. The number of nitrogens with one attached hydrogen (secondary N) is 1. The molecule has 0 saturated carbocycles. The number of piperidine rings is 1. The SMILES string of the molecule is COc1cccc(C(=O)NCc2ccc(CN3CCCCC3)cc2)c1OC. The van der Waals surface area contributed by atoms with Gasteiger partial charge in [0.2, 0.25) is 0 Å². The van der Waals surface area contributed by atoms with Crippen molar-refractivity contribution in [2.45, 2.75) is 32.4 Å². The van der Waals surface area contributed by atoms with Gasteiger partial charge >= 0.3 is 0 Å². The minimum atomic E-state index is -0.178. The molecule has 1 saturated heterocycles. The Morgan fingerprint density at radius 3 is 2.33 bits per heavy atom. The number of nitrogens with zero attached hydrogens (tertiary/aromatic N) is 1. The number of likely N-dealkylation sites (tertiary alicyclic amines) is 1. The molecule has 144 valence electrons. The summed E-state index contributed by atoms with van der Waals surface area (Å²) in [4.78, 5) is 15.1. The van der Waals surface area contributed by atoms with Crippen molar-refractivity contribution in [3.8, 4) is 11.5 Å². The Morgan fingerprint density at radius 1 is 0.963 bits per heavy atom. The van der Waals surface area contributed by atoms with Gasteiger partial charge in [0.15, 0.2) is 11.5 Å². The molecule has 3 rings (SSSR count). The van der Waals surface area contributed by atoms with Gasteiger partial charge in [0.25, 0.3) is 5.91 Å². The monoisotopic (exact) mass is 368 g/mol. The van der Waals surface area contributed by atoms with Crippen molar-refractivity contribution in [2.24, 2.45) is 0 Å². The summed E-state index contributed by atoms with van der Waals surface area (Å²) in [6, 6.07) is 13.8. The molecule has 5 nitrogen and oxygen atoms in total. The number of hydrogen-bond donors (Lipinski definition) is 1. The van der Waals surface area contributed by atoms with Gasteiger partial charge in [0.05, 0.1) is 19.8 Å². The Labute approximate surface area is 161 Å². The van der Waals surface area contributed by atoms with Gasteiger partial charge in [-0.2, -0.15) is 0 Å². The van der Waals surface area contributed by atoms with Gasteiger partial charge in [-0.25, -0.2) is 0 Å². The normalized spacial score (nSPS) is 14.6. The fourth-order valence-electron chi connectivity index (χ4n) is 3.48. The zero-order valence-electron chi connectivity index (χ0n) is 16.2. The topological polar surface area (TPSA) is 50.8 Å². The molecular weight excluding hydrogens is 340 g/mol. The van der Waals surface area contributed by atoms with Gasteiger partial charge in [-0.3, -0.25) is 9.69 Å².